The summed E-state index contributed by atoms with van der Waals surface area (Å²) < 4.78 is 15.0. The van der Waals surface area contributed by atoms with E-state index >= 15 is 0 Å². The number of nitrogens with one attached hydrogen (secondary N) is 1. The molecule has 0 atom stereocenters. The third kappa shape index (κ3) is 4.41. The number of amides is 1. The molecule has 2 rings (SSSR count). The van der Waals surface area contributed by atoms with Crippen molar-refractivity contribution in [2.75, 3.05) is 11.1 Å². The van der Waals surface area contributed by atoms with Gasteiger partial charge in [-0.2, -0.15) is 0 Å². The van der Waals surface area contributed by atoms with E-state index in [0.29, 0.717) is 23.0 Å². The number of aromatic nitrogens is 3. The molecule has 0 spiro atoms. The number of aryl methyl sites for hydroxylation is 2. The van der Waals surface area contributed by atoms with Crippen molar-refractivity contribution in [1.29, 1.82) is 0 Å². The fourth-order valence-electron chi connectivity index (χ4n) is 2.08. The fraction of sp³-hybridized carbons (Fsp3) is 0.312. The van der Waals surface area contributed by atoms with E-state index in [1.165, 1.54) is 23.9 Å². The number of carbonyl (C=O) groups excluding carboxylic acids is 1. The smallest absolute Gasteiger partial charge is 0.234 e. The highest BCUT2D eigenvalue weighted by Gasteiger charge is 2.13. The lowest BCUT2D eigenvalue weighted by Gasteiger charge is -2.09. The second-order valence-electron chi connectivity index (χ2n) is 4.95. The van der Waals surface area contributed by atoms with Crippen LogP contribution in [-0.2, 0) is 17.8 Å². The van der Waals surface area contributed by atoms with Crippen LogP contribution in [0.4, 0.5) is 10.1 Å². The SMILES string of the molecule is C=CCn1c(CC)nnc1SCC(=O)Nc1ccc(F)cc1C. The summed E-state index contributed by atoms with van der Waals surface area (Å²) in [4.78, 5) is 12.1. The highest BCUT2D eigenvalue weighted by Crippen LogP contribution is 2.19. The molecule has 0 fully saturated rings. The first-order valence-corrected chi connectivity index (χ1v) is 8.25. The van der Waals surface area contributed by atoms with Crippen molar-refractivity contribution in [1.82, 2.24) is 14.8 Å². The number of halogens is 1. The highest BCUT2D eigenvalue weighted by molar-refractivity contribution is 7.99. The van der Waals surface area contributed by atoms with E-state index < -0.39 is 0 Å². The molecule has 7 heteroatoms. The van der Waals surface area contributed by atoms with Crippen LogP contribution in [-0.4, -0.2) is 26.4 Å². The van der Waals surface area contributed by atoms with Crippen LogP contribution in [0.2, 0.25) is 0 Å². The number of carbonyl (C=O) groups is 1. The van der Waals surface area contributed by atoms with Crippen LogP contribution in [0, 0.1) is 12.7 Å². The second kappa shape index (κ2) is 7.92. The normalized spacial score (nSPS) is 10.6. The van der Waals surface area contributed by atoms with Gasteiger partial charge in [0.15, 0.2) is 5.16 Å². The molecule has 0 aliphatic rings. The van der Waals surface area contributed by atoms with Gasteiger partial charge < -0.3 is 9.88 Å². The van der Waals surface area contributed by atoms with Gasteiger partial charge in [0.1, 0.15) is 11.6 Å². The molecule has 0 saturated carbocycles. The van der Waals surface area contributed by atoms with Gasteiger partial charge in [-0.05, 0) is 30.7 Å². The molecule has 0 bridgehead atoms. The quantitative estimate of drug-likeness (QED) is 0.624. The Hall–Kier alpha value is -2.15. The molecular weight excluding hydrogens is 315 g/mol. The van der Waals surface area contributed by atoms with Gasteiger partial charge in [-0.15, -0.1) is 16.8 Å². The van der Waals surface area contributed by atoms with Crippen molar-refractivity contribution in [3.63, 3.8) is 0 Å². The predicted octanol–water partition coefficient (Wildman–Crippen LogP) is 3.20. The third-order valence-corrected chi connectivity index (χ3v) is 4.18. The molecule has 0 saturated heterocycles. The summed E-state index contributed by atoms with van der Waals surface area (Å²) in [5.41, 5.74) is 1.30. The zero-order valence-electron chi connectivity index (χ0n) is 13.2. The number of benzene rings is 1. The van der Waals surface area contributed by atoms with Gasteiger partial charge >= 0.3 is 0 Å². The Morgan fingerprint density at radius 1 is 1.48 bits per heavy atom. The van der Waals surface area contributed by atoms with Crippen LogP contribution in [0.5, 0.6) is 0 Å². The van der Waals surface area contributed by atoms with Gasteiger partial charge in [0, 0.05) is 18.7 Å². The van der Waals surface area contributed by atoms with E-state index in [-0.39, 0.29) is 17.5 Å². The summed E-state index contributed by atoms with van der Waals surface area (Å²) in [5, 5.41) is 11.7. The lowest BCUT2D eigenvalue weighted by Crippen LogP contribution is -2.15. The molecule has 1 aromatic carbocycles. The standard InChI is InChI=1S/C16H19FN4OS/c1-4-8-21-14(5-2)19-20-16(21)23-10-15(22)18-13-7-6-12(17)9-11(13)3/h4,6-7,9H,1,5,8,10H2,2-3H3,(H,18,22). The van der Waals surface area contributed by atoms with Gasteiger partial charge in [-0.3, -0.25) is 4.79 Å². The predicted molar refractivity (Wildman–Crippen MR) is 90.1 cm³/mol. The van der Waals surface area contributed by atoms with E-state index in [9.17, 15) is 9.18 Å². The molecular formula is C16H19FN4OS. The summed E-state index contributed by atoms with van der Waals surface area (Å²) in [6, 6.07) is 4.27. The van der Waals surface area contributed by atoms with E-state index in [4.69, 9.17) is 0 Å². The van der Waals surface area contributed by atoms with Crippen molar-refractivity contribution < 1.29 is 9.18 Å². The van der Waals surface area contributed by atoms with Crippen LogP contribution in [0.15, 0.2) is 36.0 Å². The summed E-state index contributed by atoms with van der Waals surface area (Å²) in [5.74, 6) is 0.577. The zero-order valence-corrected chi connectivity index (χ0v) is 14.0. The molecule has 1 heterocycles. The first-order chi connectivity index (χ1) is 11.0. The maximum atomic E-state index is 13.1. The molecule has 2 aromatic rings. The van der Waals surface area contributed by atoms with Crippen LogP contribution in [0.3, 0.4) is 0 Å². The number of anilines is 1. The second-order valence-corrected chi connectivity index (χ2v) is 5.89. The van der Waals surface area contributed by atoms with Crippen LogP contribution < -0.4 is 5.32 Å². The van der Waals surface area contributed by atoms with Crippen molar-refractivity contribution in [2.45, 2.75) is 32.0 Å². The lowest BCUT2D eigenvalue weighted by atomic mass is 10.2. The average molecular weight is 334 g/mol. The highest BCUT2D eigenvalue weighted by atomic mass is 32.2. The Morgan fingerprint density at radius 3 is 2.91 bits per heavy atom. The maximum absolute atomic E-state index is 13.1. The zero-order chi connectivity index (χ0) is 16.8. The molecule has 1 N–H and O–H groups in total. The Morgan fingerprint density at radius 2 is 2.26 bits per heavy atom. The first-order valence-electron chi connectivity index (χ1n) is 7.27. The van der Waals surface area contributed by atoms with Crippen molar-refractivity contribution in [3.05, 3.63) is 48.1 Å². The van der Waals surface area contributed by atoms with Gasteiger partial charge in [-0.1, -0.05) is 24.8 Å². The van der Waals surface area contributed by atoms with E-state index in [1.54, 1.807) is 19.1 Å². The molecule has 0 aliphatic heterocycles. The van der Waals surface area contributed by atoms with E-state index in [2.05, 4.69) is 22.1 Å². The minimum absolute atomic E-state index is 0.170. The molecule has 0 unspecified atom stereocenters. The Balaban J connectivity index is 1.99. The fourth-order valence-corrected chi connectivity index (χ4v) is 2.85. The number of rotatable bonds is 7. The Kier molecular flexibility index (Phi) is 5.92. The number of allylic oxidation sites excluding steroid dienone is 1. The largest absolute Gasteiger partial charge is 0.325 e. The van der Waals surface area contributed by atoms with E-state index in [1.807, 2.05) is 11.5 Å². The number of hydrogen-bond donors (Lipinski definition) is 1. The first kappa shape index (κ1) is 17.2. The molecule has 23 heavy (non-hydrogen) atoms. The summed E-state index contributed by atoms with van der Waals surface area (Å²) in [6.07, 6.45) is 2.54. The molecule has 1 aromatic heterocycles. The van der Waals surface area contributed by atoms with Crippen LogP contribution in [0.1, 0.15) is 18.3 Å². The lowest BCUT2D eigenvalue weighted by molar-refractivity contribution is -0.113. The molecule has 0 aliphatic carbocycles. The van der Waals surface area contributed by atoms with Gasteiger partial charge in [0.2, 0.25) is 5.91 Å². The minimum Gasteiger partial charge on any atom is -0.325 e. The molecule has 0 radical (unpaired) electrons. The Bertz CT molecular complexity index is 714. The maximum Gasteiger partial charge on any atom is 0.234 e. The number of hydrogen-bond acceptors (Lipinski definition) is 4. The molecule has 5 nitrogen and oxygen atoms in total. The summed E-state index contributed by atoms with van der Waals surface area (Å²) in [6.45, 7) is 8.08. The van der Waals surface area contributed by atoms with Gasteiger partial charge in [0.25, 0.3) is 0 Å². The summed E-state index contributed by atoms with van der Waals surface area (Å²) >= 11 is 1.32. The van der Waals surface area contributed by atoms with Crippen molar-refractivity contribution in [2.24, 2.45) is 0 Å². The topological polar surface area (TPSA) is 59.8 Å². The number of nitrogens with zero attached hydrogens (tertiary/aromatic N) is 3. The Labute approximate surface area is 139 Å². The van der Waals surface area contributed by atoms with Gasteiger partial charge in [0.05, 0.1) is 5.75 Å². The van der Waals surface area contributed by atoms with Gasteiger partial charge in [-0.25, -0.2) is 4.39 Å². The monoisotopic (exact) mass is 334 g/mol. The van der Waals surface area contributed by atoms with Crippen molar-refractivity contribution >= 4 is 23.4 Å². The van der Waals surface area contributed by atoms with Crippen LogP contribution in [0.25, 0.3) is 0 Å². The third-order valence-electron chi connectivity index (χ3n) is 3.22. The average Bonchev–Trinajstić information content (AvgIpc) is 2.90. The van der Waals surface area contributed by atoms with Crippen LogP contribution >= 0.6 is 11.8 Å². The molecule has 122 valence electrons. The molecule has 1 amide bonds. The van der Waals surface area contributed by atoms with Crippen molar-refractivity contribution in [3.8, 4) is 0 Å². The minimum atomic E-state index is -0.320. The summed E-state index contributed by atoms with van der Waals surface area (Å²) in [7, 11) is 0. The van der Waals surface area contributed by atoms with E-state index in [0.717, 1.165) is 12.2 Å². The number of thioether (sulfide) groups is 1.